The highest BCUT2D eigenvalue weighted by Gasteiger charge is 2.33. The SMILES string of the molecule is CCCN1C(=O)/C(=C/c2ccccc2OCc2ccc(Br)cc2)SC1=Nc1ccc(Cl)cc1. The fourth-order valence-electron chi connectivity index (χ4n) is 3.25. The van der Waals surface area contributed by atoms with Crippen LogP contribution in [0.2, 0.25) is 5.02 Å². The summed E-state index contributed by atoms with van der Waals surface area (Å²) in [5.74, 6) is 0.684. The van der Waals surface area contributed by atoms with Gasteiger partial charge in [0.1, 0.15) is 12.4 Å². The average molecular weight is 542 g/mol. The molecule has 1 fully saturated rings. The summed E-state index contributed by atoms with van der Waals surface area (Å²) in [5, 5.41) is 1.32. The van der Waals surface area contributed by atoms with Gasteiger partial charge in [-0.05, 0) is 72.3 Å². The molecule has 0 bridgehead atoms. The van der Waals surface area contributed by atoms with Gasteiger partial charge in [-0.2, -0.15) is 0 Å². The summed E-state index contributed by atoms with van der Waals surface area (Å²) in [5.41, 5.74) is 2.68. The number of amidine groups is 1. The predicted octanol–water partition coefficient (Wildman–Crippen LogP) is 7.70. The Hall–Kier alpha value is -2.54. The maximum atomic E-state index is 13.2. The minimum atomic E-state index is -0.0442. The molecule has 0 N–H and O–H groups in total. The number of amides is 1. The third-order valence-corrected chi connectivity index (χ3v) is 6.69. The second-order valence-corrected chi connectivity index (χ2v) is 9.75. The van der Waals surface area contributed by atoms with Crippen LogP contribution in [0.4, 0.5) is 5.69 Å². The van der Waals surface area contributed by atoms with Gasteiger partial charge in [-0.3, -0.25) is 9.69 Å². The molecule has 0 atom stereocenters. The number of hydrogen-bond acceptors (Lipinski definition) is 4. The first-order valence-corrected chi connectivity index (χ1v) is 12.5. The normalized spacial score (nSPS) is 16.1. The van der Waals surface area contributed by atoms with Crippen molar-refractivity contribution in [2.75, 3.05) is 6.54 Å². The summed E-state index contributed by atoms with van der Waals surface area (Å²) in [6.07, 6.45) is 2.73. The second-order valence-electron chi connectivity index (χ2n) is 7.39. The van der Waals surface area contributed by atoms with Crippen molar-refractivity contribution in [1.29, 1.82) is 0 Å². The van der Waals surface area contributed by atoms with Gasteiger partial charge in [0.15, 0.2) is 5.17 Å². The van der Waals surface area contributed by atoms with Gasteiger partial charge in [0, 0.05) is 21.6 Å². The Kier molecular flexibility index (Phi) is 7.91. The van der Waals surface area contributed by atoms with Crippen molar-refractivity contribution in [2.24, 2.45) is 4.99 Å². The number of nitrogens with zero attached hydrogens (tertiary/aromatic N) is 2. The maximum Gasteiger partial charge on any atom is 0.266 e. The molecule has 0 aromatic heterocycles. The number of rotatable bonds is 7. The number of hydrogen-bond donors (Lipinski definition) is 0. The fourth-order valence-corrected chi connectivity index (χ4v) is 4.66. The third kappa shape index (κ3) is 6.08. The summed E-state index contributed by atoms with van der Waals surface area (Å²) < 4.78 is 7.11. The Morgan fingerprint density at radius 3 is 2.52 bits per heavy atom. The standard InChI is InChI=1S/C26H22BrClN2O2S/c1-2-15-30-25(31)24(33-26(30)29-22-13-11-21(28)12-14-22)16-19-5-3-4-6-23(19)32-17-18-7-9-20(27)10-8-18/h3-14,16H,2,15,17H2,1H3/b24-16-,29-26?. The molecule has 0 aliphatic carbocycles. The van der Waals surface area contributed by atoms with E-state index in [-0.39, 0.29) is 5.91 Å². The van der Waals surface area contributed by atoms with Crippen molar-refractivity contribution in [1.82, 2.24) is 4.90 Å². The van der Waals surface area contributed by atoms with E-state index in [9.17, 15) is 4.79 Å². The summed E-state index contributed by atoms with van der Waals surface area (Å²) in [6.45, 7) is 3.10. The highest BCUT2D eigenvalue weighted by Crippen LogP contribution is 2.36. The third-order valence-electron chi connectivity index (χ3n) is 4.90. The average Bonchev–Trinajstić information content (AvgIpc) is 3.10. The maximum absolute atomic E-state index is 13.2. The van der Waals surface area contributed by atoms with E-state index in [0.717, 1.165) is 33.5 Å². The lowest BCUT2D eigenvalue weighted by Gasteiger charge is -2.14. The Balaban J connectivity index is 1.58. The molecule has 1 saturated heterocycles. The number of carbonyl (C=O) groups is 1. The highest BCUT2D eigenvalue weighted by atomic mass is 79.9. The zero-order valence-corrected chi connectivity index (χ0v) is 21.2. The Bertz CT molecular complexity index is 1190. The van der Waals surface area contributed by atoms with Crippen LogP contribution < -0.4 is 4.74 Å². The fraction of sp³-hybridized carbons (Fsp3) is 0.154. The van der Waals surface area contributed by atoms with Crippen LogP contribution in [0, 0.1) is 0 Å². The van der Waals surface area contributed by atoms with Crippen LogP contribution in [0.15, 0.2) is 87.2 Å². The quantitative estimate of drug-likeness (QED) is 0.288. The molecule has 0 saturated carbocycles. The van der Waals surface area contributed by atoms with Crippen LogP contribution in [0.1, 0.15) is 24.5 Å². The van der Waals surface area contributed by atoms with Gasteiger partial charge < -0.3 is 4.74 Å². The van der Waals surface area contributed by atoms with Crippen molar-refractivity contribution in [3.8, 4) is 5.75 Å². The lowest BCUT2D eigenvalue weighted by Crippen LogP contribution is -2.29. The number of ether oxygens (including phenoxy) is 1. The van der Waals surface area contributed by atoms with Crippen molar-refractivity contribution in [3.05, 3.63) is 98.3 Å². The molecule has 0 spiro atoms. The van der Waals surface area contributed by atoms with E-state index < -0.39 is 0 Å². The molecule has 1 aliphatic heterocycles. The van der Waals surface area contributed by atoms with Crippen molar-refractivity contribution >= 4 is 62.1 Å². The molecule has 33 heavy (non-hydrogen) atoms. The van der Waals surface area contributed by atoms with Crippen LogP contribution in [-0.4, -0.2) is 22.5 Å². The first-order chi connectivity index (χ1) is 16.0. The monoisotopic (exact) mass is 540 g/mol. The van der Waals surface area contributed by atoms with Crippen LogP contribution in [0.5, 0.6) is 5.75 Å². The van der Waals surface area contributed by atoms with E-state index in [4.69, 9.17) is 21.3 Å². The van der Waals surface area contributed by atoms with Gasteiger partial charge >= 0.3 is 0 Å². The molecule has 3 aromatic carbocycles. The largest absolute Gasteiger partial charge is 0.488 e. The molecule has 7 heteroatoms. The van der Waals surface area contributed by atoms with Gasteiger partial charge in [-0.25, -0.2) is 4.99 Å². The predicted molar refractivity (Wildman–Crippen MR) is 141 cm³/mol. The number of carbonyl (C=O) groups excluding carboxylic acids is 1. The number of halogens is 2. The van der Waals surface area contributed by atoms with E-state index in [1.165, 1.54) is 11.8 Å². The second kappa shape index (κ2) is 11.1. The Morgan fingerprint density at radius 1 is 1.06 bits per heavy atom. The van der Waals surface area contributed by atoms with Crippen LogP contribution in [-0.2, 0) is 11.4 Å². The Labute approximate surface area is 211 Å². The molecular weight excluding hydrogens is 520 g/mol. The highest BCUT2D eigenvalue weighted by molar-refractivity contribution is 9.10. The first-order valence-electron chi connectivity index (χ1n) is 10.6. The Morgan fingerprint density at radius 2 is 1.79 bits per heavy atom. The smallest absolute Gasteiger partial charge is 0.266 e. The minimum Gasteiger partial charge on any atom is -0.488 e. The summed E-state index contributed by atoms with van der Waals surface area (Å²) >= 11 is 10.8. The van der Waals surface area contributed by atoms with Gasteiger partial charge in [0.25, 0.3) is 5.91 Å². The van der Waals surface area contributed by atoms with Crippen LogP contribution in [0.25, 0.3) is 6.08 Å². The molecule has 4 nitrogen and oxygen atoms in total. The van der Waals surface area contributed by atoms with Gasteiger partial charge in [0.05, 0.1) is 10.6 Å². The topological polar surface area (TPSA) is 41.9 Å². The van der Waals surface area contributed by atoms with Gasteiger partial charge in [-0.15, -0.1) is 0 Å². The summed E-state index contributed by atoms with van der Waals surface area (Å²) in [6, 6.07) is 23.0. The molecule has 1 aliphatic rings. The molecule has 4 rings (SSSR count). The van der Waals surface area contributed by atoms with Crippen molar-refractivity contribution < 1.29 is 9.53 Å². The van der Waals surface area contributed by atoms with E-state index >= 15 is 0 Å². The van der Waals surface area contributed by atoms with E-state index in [2.05, 4.69) is 15.9 Å². The number of aliphatic imine (C=N–C) groups is 1. The summed E-state index contributed by atoms with van der Waals surface area (Å²) in [7, 11) is 0. The minimum absolute atomic E-state index is 0.0442. The zero-order valence-electron chi connectivity index (χ0n) is 18.0. The van der Waals surface area contributed by atoms with E-state index in [1.54, 1.807) is 17.0 Å². The van der Waals surface area contributed by atoms with Crippen LogP contribution >= 0.6 is 39.3 Å². The summed E-state index contributed by atoms with van der Waals surface area (Å²) in [4.78, 5) is 20.2. The van der Waals surface area contributed by atoms with E-state index in [0.29, 0.717) is 28.2 Å². The molecule has 0 unspecified atom stereocenters. The van der Waals surface area contributed by atoms with Gasteiger partial charge in [0.2, 0.25) is 0 Å². The molecule has 1 heterocycles. The van der Waals surface area contributed by atoms with Crippen molar-refractivity contribution in [2.45, 2.75) is 20.0 Å². The molecule has 3 aromatic rings. The lowest BCUT2D eigenvalue weighted by molar-refractivity contribution is -0.122. The lowest BCUT2D eigenvalue weighted by atomic mass is 10.1. The van der Waals surface area contributed by atoms with Crippen molar-refractivity contribution in [3.63, 3.8) is 0 Å². The molecule has 168 valence electrons. The zero-order chi connectivity index (χ0) is 23.2. The number of thioether (sulfide) groups is 1. The molecule has 0 radical (unpaired) electrons. The molecular formula is C26H22BrClN2O2S. The van der Waals surface area contributed by atoms with Gasteiger partial charge in [-0.1, -0.05) is 64.8 Å². The number of para-hydroxylation sites is 1. The first kappa shape index (κ1) is 23.6. The van der Waals surface area contributed by atoms with Crippen LogP contribution in [0.3, 0.4) is 0 Å². The number of benzene rings is 3. The van der Waals surface area contributed by atoms with E-state index in [1.807, 2.05) is 73.7 Å². The molecule has 1 amide bonds.